The van der Waals surface area contributed by atoms with E-state index in [1.165, 1.54) is 0 Å². The number of carbonyl (C=O) groups excluding carboxylic acids is 1. The molecule has 1 amide bonds. The van der Waals surface area contributed by atoms with Crippen LogP contribution >= 0.6 is 0 Å². The van der Waals surface area contributed by atoms with Gasteiger partial charge in [-0.2, -0.15) is 0 Å². The molecule has 0 saturated carbocycles. The maximum atomic E-state index is 12.5. The minimum absolute atomic E-state index is 0.162. The lowest BCUT2D eigenvalue weighted by atomic mass is 9.93. The molecule has 0 fully saturated rings. The van der Waals surface area contributed by atoms with Crippen LogP contribution in [0.2, 0.25) is 0 Å². The zero-order valence-corrected chi connectivity index (χ0v) is 14.9. The quantitative estimate of drug-likeness (QED) is 0.719. The van der Waals surface area contributed by atoms with Crippen molar-refractivity contribution in [2.75, 3.05) is 18.5 Å². The molecule has 0 aliphatic heterocycles. The summed E-state index contributed by atoms with van der Waals surface area (Å²) in [6, 6.07) is 16.3. The maximum absolute atomic E-state index is 12.5. The molecule has 0 radical (unpaired) electrons. The van der Waals surface area contributed by atoms with Crippen LogP contribution in [-0.4, -0.2) is 30.2 Å². The molecule has 138 valence electrons. The number of benzene rings is 2. The first-order chi connectivity index (χ1) is 12.4. The fourth-order valence-corrected chi connectivity index (χ4v) is 2.14. The summed E-state index contributed by atoms with van der Waals surface area (Å²) in [6.45, 7) is 3.97. The van der Waals surface area contributed by atoms with Crippen LogP contribution in [-0.2, 0) is 20.9 Å². The molecule has 0 bridgehead atoms. The van der Waals surface area contributed by atoms with Crippen LogP contribution in [0.4, 0.5) is 5.69 Å². The highest BCUT2D eigenvalue weighted by molar-refractivity contribution is 5.94. The first-order valence-electron chi connectivity index (χ1n) is 8.24. The van der Waals surface area contributed by atoms with Crippen LogP contribution in [0.1, 0.15) is 19.4 Å². The number of aliphatic carboxylic acids is 1. The number of anilines is 1. The summed E-state index contributed by atoms with van der Waals surface area (Å²) >= 11 is 0. The van der Waals surface area contributed by atoms with Crippen molar-refractivity contribution in [1.82, 2.24) is 0 Å². The minimum atomic E-state index is -1.04. The SMILES string of the molecule is CC(C)(COCc1ccccc1)C(=O)Nc1ccc(OCC(=O)O)cc1. The van der Waals surface area contributed by atoms with Crippen molar-refractivity contribution < 1.29 is 24.2 Å². The van der Waals surface area contributed by atoms with Gasteiger partial charge in [0, 0.05) is 5.69 Å². The fraction of sp³-hybridized carbons (Fsp3) is 0.300. The van der Waals surface area contributed by atoms with E-state index < -0.39 is 18.0 Å². The zero-order valence-electron chi connectivity index (χ0n) is 14.9. The van der Waals surface area contributed by atoms with Gasteiger partial charge in [-0.1, -0.05) is 30.3 Å². The van der Waals surface area contributed by atoms with Gasteiger partial charge in [-0.25, -0.2) is 4.79 Å². The summed E-state index contributed by atoms with van der Waals surface area (Å²) in [7, 11) is 0. The van der Waals surface area contributed by atoms with E-state index in [1.807, 2.05) is 44.2 Å². The first-order valence-corrected chi connectivity index (χ1v) is 8.24. The van der Waals surface area contributed by atoms with E-state index in [1.54, 1.807) is 24.3 Å². The Balaban J connectivity index is 1.83. The molecular formula is C20H23NO5. The van der Waals surface area contributed by atoms with E-state index in [9.17, 15) is 9.59 Å². The number of ether oxygens (including phenoxy) is 2. The molecule has 0 aromatic heterocycles. The monoisotopic (exact) mass is 357 g/mol. The predicted molar refractivity (Wildman–Crippen MR) is 98.1 cm³/mol. The Morgan fingerprint density at radius 1 is 1.04 bits per heavy atom. The molecule has 0 atom stereocenters. The lowest BCUT2D eigenvalue weighted by molar-refractivity contribution is -0.139. The van der Waals surface area contributed by atoms with Crippen molar-refractivity contribution in [3.63, 3.8) is 0 Å². The second-order valence-corrected chi connectivity index (χ2v) is 6.52. The summed E-state index contributed by atoms with van der Waals surface area (Å²) in [6.07, 6.45) is 0. The molecule has 2 aromatic carbocycles. The van der Waals surface area contributed by atoms with Gasteiger partial charge in [-0.15, -0.1) is 0 Å². The number of nitrogens with one attached hydrogen (secondary N) is 1. The van der Waals surface area contributed by atoms with Crippen LogP contribution in [0.3, 0.4) is 0 Å². The average molecular weight is 357 g/mol. The normalized spacial score (nSPS) is 11.0. The molecule has 0 aliphatic carbocycles. The van der Waals surface area contributed by atoms with Crippen LogP contribution in [0.15, 0.2) is 54.6 Å². The highest BCUT2D eigenvalue weighted by Crippen LogP contribution is 2.21. The van der Waals surface area contributed by atoms with E-state index >= 15 is 0 Å². The predicted octanol–water partition coefficient (Wildman–Crippen LogP) is 3.33. The summed E-state index contributed by atoms with van der Waals surface area (Å²) in [5.41, 5.74) is 0.960. The molecule has 0 unspecified atom stereocenters. The molecule has 26 heavy (non-hydrogen) atoms. The smallest absolute Gasteiger partial charge is 0.341 e. The van der Waals surface area contributed by atoms with Crippen molar-refractivity contribution in [3.05, 3.63) is 60.2 Å². The Bertz CT molecular complexity index is 726. The van der Waals surface area contributed by atoms with Crippen molar-refractivity contribution in [3.8, 4) is 5.75 Å². The number of hydrogen-bond acceptors (Lipinski definition) is 4. The van der Waals surface area contributed by atoms with Gasteiger partial charge >= 0.3 is 5.97 Å². The molecule has 2 N–H and O–H groups in total. The Labute approximate surface area is 152 Å². The van der Waals surface area contributed by atoms with Crippen molar-refractivity contribution >= 4 is 17.6 Å². The molecule has 2 rings (SSSR count). The van der Waals surface area contributed by atoms with E-state index in [2.05, 4.69) is 5.32 Å². The van der Waals surface area contributed by atoms with Gasteiger partial charge in [-0.05, 0) is 43.7 Å². The second kappa shape index (κ2) is 9.01. The minimum Gasteiger partial charge on any atom is -0.482 e. The number of amides is 1. The Hall–Kier alpha value is -2.86. The largest absolute Gasteiger partial charge is 0.482 e. The molecule has 0 spiro atoms. The average Bonchev–Trinajstić information content (AvgIpc) is 2.62. The molecule has 6 nitrogen and oxygen atoms in total. The third-order valence-electron chi connectivity index (χ3n) is 3.66. The number of rotatable bonds is 9. The van der Waals surface area contributed by atoms with Crippen LogP contribution in [0, 0.1) is 5.41 Å². The number of hydrogen-bond donors (Lipinski definition) is 2. The third kappa shape index (κ3) is 6.22. The maximum Gasteiger partial charge on any atom is 0.341 e. The summed E-state index contributed by atoms with van der Waals surface area (Å²) < 4.78 is 10.7. The van der Waals surface area contributed by atoms with Gasteiger partial charge in [-0.3, -0.25) is 4.79 Å². The van der Waals surface area contributed by atoms with E-state index in [-0.39, 0.29) is 12.5 Å². The Morgan fingerprint density at radius 2 is 1.69 bits per heavy atom. The molecule has 0 aliphatic rings. The van der Waals surface area contributed by atoms with Gasteiger partial charge in [0.05, 0.1) is 18.6 Å². The molecule has 0 saturated heterocycles. The van der Waals surface area contributed by atoms with E-state index in [0.717, 1.165) is 5.56 Å². The zero-order chi connectivity index (χ0) is 19.0. The first kappa shape index (κ1) is 19.5. The van der Waals surface area contributed by atoms with Crippen LogP contribution in [0.25, 0.3) is 0 Å². The molecule has 0 heterocycles. The van der Waals surface area contributed by atoms with Gasteiger partial charge < -0.3 is 19.9 Å². The summed E-state index contributed by atoms with van der Waals surface area (Å²) in [5, 5.41) is 11.4. The van der Waals surface area contributed by atoms with Crippen molar-refractivity contribution in [1.29, 1.82) is 0 Å². The Kier molecular flexibility index (Phi) is 6.74. The number of carbonyl (C=O) groups is 2. The number of carboxylic acids is 1. The lowest BCUT2D eigenvalue weighted by Crippen LogP contribution is -2.34. The van der Waals surface area contributed by atoms with Crippen molar-refractivity contribution in [2.24, 2.45) is 5.41 Å². The van der Waals surface area contributed by atoms with Gasteiger partial charge in [0.25, 0.3) is 0 Å². The highest BCUT2D eigenvalue weighted by Gasteiger charge is 2.28. The highest BCUT2D eigenvalue weighted by atomic mass is 16.5. The Morgan fingerprint density at radius 3 is 2.31 bits per heavy atom. The van der Waals surface area contributed by atoms with Gasteiger partial charge in [0.1, 0.15) is 5.75 Å². The molecule has 6 heteroatoms. The van der Waals surface area contributed by atoms with E-state index in [4.69, 9.17) is 14.6 Å². The van der Waals surface area contributed by atoms with Gasteiger partial charge in [0.15, 0.2) is 6.61 Å². The summed E-state index contributed by atoms with van der Waals surface area (Å²) in [5.74, 6) is -0.778. The third-order valence-corrected chi connectivity index (χ3v) is 3.66. The lowest BCUT2D eigenvalue weighted by Gasteiger charge is -2.23. The summed E-state index contributed by atoms with van der Waals surface area (Å²) in [4.78, 5) is 23.0. The van der Waals surface area contributed by atoms with Gasteiger partial charge in [0.2, 0.25) is 5.91 Å². The number of carboxylic acid groups (broad SMARTS) is 1. The van der Waals surface area contributed by atoms with Crippen molar-refractivity contribution in [2.45, 2.75) is 20.5 Å². The standard InChI is InChI=1S/C20H23NO5/c1-20(2,14-25-12-15-6-4-3-5-7-15)19(24)21-16-8-10-17(11-9-16)26-13-18(22)23/h3-11H,12-14H2,1-2H3,(H,21,24)(H,22,23). The van der Waals surface area contributed by atoms with Crippen LogP contribution in [0.5, 0.6) is 5.75 Å². The topological polar surface area (TPSA) is 84.9 Å². The fourth-order valence-electron chi connectivity index (χ4n) is 2.14. The second-order valence-electron chi connectivity index (χ2n) is 6.52. The molecule has 2 aromatic rings. The molecular weight excluding hydrogens is 334 g/mol. The van der Waals surface area contributed by atoms with E-state index in [0.29, 0.717) is 18.0 Å². The van der Waals surface area contributed by atoms with Crippen LogP contribution < -0.4 is 10.1 Å².